The summed E-state index contributed by atoms with van der Waals surface area (Å²) in [7, 11) is -2.62. The zero-order valence-corrected chi connectivity index (χ0v) is 13.0. The molecule has 0 aliphatic rings. The molecule has 1 rings (SSSR count). The van der Waals surface area contributed by atoms with E-state index in [1.165, 1.54) is 20.1 Å². The maximum atomic E-state index is 12.1. The average molecular weight is 352 g/mol. The van der Waals surface area contributed by atoms with Crippen LogP contribution in [0.4, 0.5) is 0 Å². The lowest BCUT2D eigenvalue weighted by atomic mass is 10.2. The first-order valence-electron chi connectivity index (χ1n) is 5.28. The summed E-state index contributed by atoms with van der Waals surface area (Å²) in [6, 6.07) is 1.71. The molecule has 0 heterocycles. The van der Waals surface area contributed by atoms with Crippen molar-refractivity contribution in [2.45, 2.75) is 24.8 Å². The molecule has 0 bridgehead atoms. The van der Waals surface area contributed by atoms with Crippen molar-refractivity contribution in [3.05, 3.63) is 22.2 Å². The topological polar surface area (TPSA) is 92.7 Å². The molecular weight excluding hydrogens is 338 g/mol. The number of aryl methyl sites for hydroxylation is 1. The lowest BCUT2D eigenvalue weighted by Crippen LogP contribution is -2.38. The molecule has 2 N–H and O–H groups in total. The fourth-order valence-electron chi connectivity index (χ4n) is 1.35. The highest BCUT2D eigenvalue weighted by Crippen LogP contribution is 2.30. The molecule has 0 amide bonds. The maximum Gasteiger partial charge on any atom is 0.321 e. The minimum Gasteiger partial charge on any atom is -0.495 e. The summed E-state index contributed by atoms with van der Waals surface area (Å²) in [5.41, 5.74) is 0.807. The van der Waals surface area contributed by atoms with Crippen molar-refractivity contribution in [1.82, 2.24) is 4.72 Å². The van der Waals surface area contributed by atoms with Gasteiger partial charge in [-0.25, -0.2) is 8.42 Å². The third kappa shape index (κ3) is 3.68. The van der Waals surface area contributed by atoms with Crippen molar-refractivity contribution in [2.75, 3.05) is 7.11 Å². The van der Waals surface area contributed by atoms with E-state index in [4.69, 9.17) is 9.84 Å². The fourth-order valence-corrected chi connectivity index (χ4v) is 3.22. The van der Waals surface area contributed by atoms with Crippen LogP contribution in [-0.4, -0.2) is 32.6 Å². The van der Waals surface area contributed by atoms with E-state index in [1.54, 1.807) is 13.0 Å². The molecule has 0 saturated heterocycles. The van der Waals surface area contributed by atoms with Gasteiger partial charge in [0.05, 0.1) is 7.11 Å². The van der Waals surface area contributed by atoms with E-state index in [0.29, 0.717) is 4.47 Å². The Morgan fingerprint density at radius 3 is 2.53 bits per heavy atom. The molecular formula is C11H14BrNO5S. The van der Waals surface area contributed by atoms with E-state index in [2.05, 4.69) is 20.7 Å². The summed E-state index contributed by atoms with van der Waals surface area (Å²) in [4.78, 5) is 10.6. The Morgan fingerprint density at radius 2 is 2.05 bits per heavy atom. The van der Waals surface area contributed by atoms with Crippen LogP contribution in [0.25, 0.3) is 0 Å². The second-order valence-corrected chi connectivity index (χ2v) is 6.47. The molecule has 0 radical (unpaired) electrons. The van der Waals surface area contributed by atoms with Gasteiger partial charge in [-0.1, -0.05) is 15.9 Å². The van der Waals surface area contributed by atoms with E-state index in [0.717, 1.165) is 5.56 Å². The number of nitrogens with one attached hydrogen (secondary N) is 1. The smallest absolute Gasteiger partial charge is 0.321 e. The van der Waals surface area contributed by atoms with Crippen LogP contribution >= 0.6 is 15.9 Å². The summed E-state index contributed by atoms with van der Waals surface area (Å²) in [6.45, 7) is 3.03. The van der Waals surface area contributed by atoms with Crippen molar-refractivity contribution in [2.24, 2.45) is 0 Å². The molecule has 0 spiro atoms. The Morgan fingerprint density at radius 1 is 1.47 bits per heavy atom. The van der Waals surface area contributed by atoms with Crippen LogP contribution in [0.5, 0.6) is 5.75 Å². The Kier molecular flexibility index (Phi) is 4.94. The molecule has 1 aromatic rings. The van der Waals surface area contributed by atoms with Gasteiger partial charge in [0.25, 0.3) is 0 Å². The highest BCUT2D eigenvalue weighted by atomic mass is 79.9. The summed E-state index contributed by atoms with van der Waals surface area (Å²) >= 11 is 3.23. The van der Waals surface area contributed by atoms with Gasteiger partial charge in [-0.15, -0.1) is 0 Å². The number of methoxy groups -OCH3 is 1. The van der Waals surface area contributed by atoms with Gasteiger partial charge in [-0.3, -0.25) is 4.79 Å². The molecule has 1 atom stereocenters. The summed E-state index contributed by atoms with van der Waals surface area (Å²) < 4.78 is 31.9. The molecule has 0 aliphatic heterocycles. The largest absolute Gasteiger partial charge is 0.495 e. The second-order valence-electron chi connectivity index (χ2n) is 3.93. The Labute approximate surface area is 120 Å². The normalized spacial score (nSPS) is 13.1. The van der Waals surface area contributed by atoms with Gasteiger partial charge in [-0.2, -0.15) is 4.72 Å². The summed E-state index contributed by atoms with van der Waals surface area (Å²) in [6.07, 6.45) is 0. The predicted octanol–water partition coefficient (Wildman–Crippen LogP) is 1.52. The molecule has 6 nitrogen and oxygen atoms in total. The van der Waals surface area contributed by atoms with Crippen LogP contribution in [0.3, 0.4) is 0 Å². The predicted molar refractivity (Wildman–Crippen MR) is 72.9 cm³/mol. The fraction of sp³-hybridized carbons (Fsp3) is 0.364. The van der Waals surface area contributed by atoms with Gasteiger partial charge in [0.2, 0.25) is 10.0 Å². The number of carboxylic acids is 1. The van der Waals surface area contributed by atoms with Gasteiger partial charge in [0.15, 0.2) is 0 Å². The number of sulfonamides is 1. The molecule has 106 valence electrons. The third-order valence-electron chi connectivity index (χ3n) is 2.44. The standard InChI is InChI=1S/C11H14BrNO5S/c1-6-4-9(18-3)10(5-8(6)12)19(16,17)13-7(2)11(14)15/h4-5,7,13H,1-3H3,(H,14,15)/t7-/m1/s1. The van der Waals surface area contributed by atoms with Crippen molar-refractivity contribution in [3.8, 4) is 5.75 Å². The lowest BCUT2D eigenvalue weighted by molar-refractivity contribution is -0.138. The zero-order valence-electron chi connectivity index (χ0n) is 10.6. The molecule has 0 unspecified atom stereocenters. The van der Waals surface area contributed by atoms with E-state index in [9.17, 15) is 13.2 Å². The Bertz CT molecular complexity index is 599. The van der Waals surface area contributed by atoms with E-state index >= 15 is 0 Å². The number of aliphatic carboxylic acids is 1. The molecule has 0 aromatic heterocycles. The number of hydrogen-bond acceptors (Lipinski definition) is 4. The van der Waals surface area contributed by atoms with Crippen LogP contribution in [0.2, 0.25) is 0 Å². The van der Waals surface area contributed by atoms with Crippen molar-refractivity contribution in [3.63, 3.8) is 0 Å². The van der Waals surface area contributed by atoms with Gasteiger partial charge in [0, 0.05) is 4.47 Å². The maximum absolute atomic E-state index is 12.1. The molecule has 1 aromatic carbocycles. The monoisotopic (exact) mass is 351 g/mol. The molecule has 0 saturated carbocycles. The number of carboxylic acid groups (broad SMARTS) is 1. The van der Waals surface area contributed by atoms with E-state index < -0.39 is 22.0 Å². The minimum absolute atomic E-state index is 0.111. The Hall–Kier alpha value is -1.12. The van der Waals surface area contributed by atoms with E-state index in [1.807, 2.05) is 0 Å². The van der Waals surface area contributed by atoms with Gasteiger partial charge in [-0.05, 0) is 31.5 Å². The highest BCUT2D eigenvalue weighted by Gasteiger charge is 2.25. The van der Waals surface area contributed by atoms with Crippen molar-refractivity contribution < 1.29 is 23.1 Å². The first kappa shape index (κ1) is 15.9. The second kappa shape index (κ2) is 5.89. The molecule has 0 fully saturated rings. The number of rotatable bonds is 5. The van der Waals surface area contributed by atoms with E-state index in [-0.39, 0.29) is 10.6 Å². The third-order valence-corrected chi connectivity index (χ3v) is 4.85. The molecule has 8 heteroatoms. The SMILES string of the molecule is COc1cc(C)c(Br)cc1S(=O)(=O)N[C@H](C)C(=O)O. The first-order valence-corrected chi connectivity index (χ1v) is 7.56. The van der Waals surface area contributed by atoms with Crippen LogP contribution in [0.15, 0.2) is 21.5 Å². The van der Waals surface area contributed by atoms with Crippen molar-refractivity contribution >= 4 is 31.9 Å². The van der Waals surface area contributed by atoms with Gasteiger partial charge < -0.3 is 9.84 Å². The zero-order chi connectivity index (χ0) is 14.8. The number of carbonyl (C=O) groups is 1. The summed E-state index contributed by atoms with van der Waals surface area (Å²) in [5, 5.41) is 8.75. The van der Waals surface area contributed by atoms with Crippen LogP contribution < -0.4 is 9.46 Å². The number of halogens is 1. The van der Waals surface area contributed by atoms with Gasteiger partial charge >= 0.3 is 5.97 Å². The number of benzene rings is 1. The lowest BCUT2D eigenvalue weighted by Gasteiger charge is -2.14. The Balaban J connectivity index is 3.28. The molecule has 0 aliphatic carbocycles. The van der Waals surface area contributed by atoms with Crippen LogP contribution in [0.1, 0.15) is 12.5 Å². The quantitative estimate of drug-likeness (QED) is 0.838. The molecule has 19 heavy (non-hydrogen) atoms. The highest BCUT2D eigenvalue weighted by molar-refractivity contribution is 9.10. The van der Waals surface area contributed by atoms with Crippen LogP contribution in [-0.2, 0) is 14.8 Å². The minimum atomic E-state index is -3.97. The van der Waals surface area contributed by atoms with Crippen molar-refractivity contribution in [1.29, 1.82) is 0 Å². The average Bonchev–Trinajstić information content (AvgIpc) is 2.31. The first-order chi connectivity index (χ1) is 8.69. The summed E-state index contributed by atoms with van der Waals surface area (Å²) in [5.74, 6) is -1.10. The number of hydrogen-bond donors (Lipinski definition) is 2. The van der Waals surface area contributed by atoms with Gasteiger partial charge in [0.1, 0.15) is 16.7 Å². The van der Waals surface area contributed by atoms with Crippen LogP contribution in [0, 0.1) is 6.92 Å². The number of ether oxygens (including phenoxy) is 1.